The van der Waals surface area contributed by atoms with E-state index in [4.69, 9.17) is 10.6 Å². The van der Waals surface area contributed by atoms with Gasteiger partial charge in [-0.15, -0.1) is 11.3 Å². The highest BCUT2D eigenvalue weighted by molar-refractivity contribution is 7.12. The van der Waals surface area contributed by atoms with E-state index in [1.165, 1.54) is 16.9 Å². The number of benzene rings is 1. The zero-order valence-corrected chi connectivity index (χ0v) is 13.3. The molecule has 0 spiro atoms. The molecule has 0 fully saturated rings. The smallest absolute Gasteiger partial charge is 0.275 e. The lowest BCUT2D eigenvalue weighted by Crippen LogP contribution is -2.30. The number of rotatable bonds is 4. The second-order valence-electron chi connectivity index (χ2n) is 5.81. The van der Waals surface area contributed by atoms with Crippen molar-refractivity contribution < 1.29 is 9.53 Å². The lowest BCUT2D eigenvalue weighted by molar-refractivity contribution is 0.0955. The third-order valence-corrected chi connectivity index (χ3v) is 4.15. The van der Waals surface area contributed by atoms with Crippen LogP contribution >= 0.6 is 11.3 Å². The lowest BCUT2D eigenvalue weighted by Gasteiger charge is -2.19. The number of amides is 1. The van der Waals surface area contributed by atoms with Gasteiger partial charge in [0.15, 0.2) is 0 Å². The molecule has 1 amide bonds. The molecule has 0 unspecified atom stereocenters. The molecule has 0 saturated carbocycles. The van der Waals surface area contributed by atoms with Crippen molar-refractivity contribution in [3.05, 3.63) is 51.7 Å². The molecule has 112 valence electrons. The third kappa shape index (κ3) is 3.83. The Morgan fingerprint density at radius 3 is 2.48 bits per heavy atom. The first-order chi connectivity index (χ1) is 9.91. The first-order valence-corrected chi connectivity index (χ1v) is 7.60. The fraction of sp³-hybridized carbons (Fsp3) is 0.312. The van der Waals surface area contributed by atoms with Crippen LogP contribution in [0, 0.1) is 0 Å². The summed E-state index contributed by atoms with van der Waals surface area (Å²) in [5, 5.41) is 1.85. The highest BCUT2D eigenvalue weighted by Crippen LogP contribution is 2.25. The Morgan fingerprint density at radius 1 is 1.24 bits per heavy atom. The monoisotopic (exact) mass is 304 g/mol. The zero-order valence-electron chi connectivity index (χ0n) is 12.5. The Balaban J connectivity index is 2.04. The molecule has 2 rings (SSSR count). The second-order valence-corrected chi connectivity index (χ2v) is 6.73. The molecule has 0 aliphatic heterocycles. The van der Waals surface area contributed by atoms with Crippen LogP contribution in [0.2, 0.25) is 0 Å². The van der Waals surface area contributed by atoms with Crippen LogP contribution in [0.1, 0.15) is 41.6 Å². The van der Waals surface area contributed by atoms with E-state index in [9.17, 15) is 4.79 Å². The topological polar surface area (TPSA) is 64.3 Å². The van der Waals surface area contributed by atoms with Crippen molar-refractivity contribution in [2.75, 3.05) is 0 Å². The summed E-state index contributed by atoms with van der Waals surface area (Å²) in [5.74, 6) is 5.66. The number of hydrogen-bond acceptors (Lipinski definition) is 4. The van der Waals surface area contributed by atoms with Crippen molar-refractivity contribution in [3.63, 3.8) is 0 Å². The van der Waals surface area contributed by atoms with Gasteiger partial charge in [0.1, 0.15) is 12.4 Å². The minimum Gasteiger partial charge on any atom is -0.489 e. The summed E-state index contributed by atoms with van der Waals surface area (Å²) in [6.07, 6.45) is 0. The van der Waals surface area contributed by atoms with Gasteiger partial charge in [-0.05, 0) is 34.6 Å². The highest BCUT2D eigenvalue weighted by atomic mass is 32.1. The van der Waals surface area contributed by atoms with Gasteiger partial charge in [-0.2, -0.15) is 0 Å². The summed E-state index contributed by atoms with van der Waals surface area (Å²) in [6.45, 7) is 6.87. The number of nitrogens with two attached hydrogens (primary N) is 1. The average Bonchev–Trinajstić information content (AvgIpc) is 2.92. The van der Waals surface area contributed by atoms with Crippen molar-refractivity contribution in [2.45, 2.75) is 32.8 Å². The van der Waals surface area contributed by atoms with Crippen LogP contribution in [0.3, 0.4) is 0 Å². The van der Waals surface area contributed by atoms with E-state index in [1.54, 1.807) is 0 Å². The predicted octanol–water partition coefficient (Wildman–Crippen LogP) is 3.23. The number of nitrogen functional groups attached to an aromatic ring is 1. The molecule has 0 aliphatic rings. The Hall–Kier alpha value is -1.85. The Bertz CT molecular complexity index is 612. The molecule has 1 aromatic heterocycles. The van der Waals surface area contributed by atoms with E-state index in [-0.39, 0.29) is 11.3 Å². The largest absolute Gasteiger partial charge is 0.489 e. The molecular weight excluding hydrogens is 284 g/mol. The quantitative estimate of drug-likeness (QED) is 0.518. The SMILES string of the molecule is CC(C)(C)c1ccc(OCc2ccsc2C(=O)NN)cc1. The van der Waals surface area contributed by atoms with Crippen LogP contribution in [-0.4, -0.2) is 5.91 Å². The Kier molecular flexibility index (Phi) is 4.65. The van der Waals surface area contributed by atoms with Crippen LogP contribution in [0.5, 0.6) is 5.75 Å². The minimum atomic E-state index is -0.285. The van der Waals surface area contributed by atoms with E-state index in [0.29, 0.717) is 11.5 Å². The van der Waals surface area contributed by atoms with Gasteiger partial charge in [-0.3, -0.25) is 10.2 Å². The van der Waals surface area contributed by atoms with Crippen LogP contribution < -0.4 is 16.0 Å². The van der Waals surface area contributed by atoms with Crippen molar-refractivity contribution in [1.29, 1.82) is 0 Å². The molecule has 21 heavy (non-hydrogen) atoms. The summed E-state index contributed by atoms with van der Waals surface area (Å²) in [6, 6.07) is 9.91. The van der Waals surface area contributed by atoms with Gasteiger partial charge in [0.2, 0.25) is 0 Å². The molecule has 1 heterocycles. The maximum atomic E-state index is 11.6. The summed E-state index contributed by atoms with van der Waals surface area (Å²) >= 11 is 1.35. The van der Waals surface area contributed by atoms with Gasteiger partial charge in [0.05, 0.1) is 4.88 Å². The van der Waals surface area contributed by atoms with Crippen molar-refractivity contribution in [3.8, 4) is 5.75 Å². The summed E-state index contributed by atoms with van der Waals surface area (Å²) in [5.41, 5.74) is 4.36. The fourth-order valence-electron chi connectivity index (χ4n) is 1.93. The van der Waals surface area contributed by atoms with Crippen LogP contribution in [0.15, 0.2) is 35.7 Å². The molecule has 3 N–H and O–H groups in total. The van der Waals surface area contributed by atoms with Gasteiger partial charge < -0.3 is 4.74 Å². The molecule has 0 saturated heterocycles. The minimum absolute atomic E-state index is 0.123. The standard InChI is InChI=1S/C16H20N2O2S/c1-16(2,3)12-4-6-13(7-5-12)20-10-11-8-9-21-14(11)15(19)18-17/h4-9H,10,17H2,1-3H3,(H,18,19). The molecule has 0 radical (unpaired) electrons. The molecule has 4 nitrogen and oxygen atoms in total. The van der Waals surface area contributed by atoms with Crippen LogP contribution in [0.25, 0.3) is 0 Å². The maximum absolute atomic E-state index is 11.6. The van der Waals surface area contributed by atoms with E-state index < -0.39 is 0 Å². The van der Waals surface area contributed by atoms with Crippen molar-refractivity contribution in [1.82, 2.24) is 5.43 Å². The summed E-state index contributed by atoms with van der Waals surface area (Å²) < 4.78 is 5.74. The van der Waals surface area contributed by atoms with Crippen LogP contribution in [0.4, 0.5) is 0 Å². The van der Waals surface area contributed by atoms with Crippen LogP contribution in [-0.2, 0) is 12.0 Å². The van der Waals surface area contributed by atoms with E-state index in [1.807, 2.05) is 23.6 Å². The van der Waals surface area contributed by atoms with Gasteiger partial charge in [0.25, 0.3) is 5.91 Å². The number of nitrogens with one attached hydrogen (secondary N) is 1. The summed E-state index contributed by atoms with van der Waals surface area (Å²) in [4.78, 5) is 12.2. The molecular formula is C16H20N2O2S. The first-order valence-electron chi connectivity index (χ1n) is 6.72. The molecule has 0 bridgehead atoms. The zero-order chi connectivity index (χ0) is 15.5. The molecule has 0 aliphatic carbocycles. The third-order valence-electron chi connectivity index (χ3n) is 3.20. The maximum Gasteiger partial charge on any atom is 0.275 e. The predicted molar refractivity (Wildman–Crippen MR) is 85.4 cm³/mol. The Labute approximate surface area is 128 Å². The summed E-state index contributed by atoms with van der Waals surface area (Å²) in [7, 11) is 0. The fourth-order valence-corrected chi connectivity index (χ4v) is 2.74. The first kappa shape index (κ1) is 15.5. The van der Waals surface area contributed by atoms with Gasteiger partial charge in [-0.25, -0.2) is 5.84 Å². The van der Waals surface area contributed by atoms with Gasteiger partial charge in [-0.1, -0.05) is 32.9 Å². The Morgan fingerprint density at radius 2 is 1.90 bits per heavy atom. The number of hydrazine groups is 1. The number of carbonyl (C=O) groups is 1. The molecule has 2 aromatic rings. The molecule has 5 heteroatoms. The highest BCUT2D eigenvalue weighted by Gasteiger charge is 2.14. The van der Waals surface area contributed by atoms with E-state index >= 15 is 0 Å². The van der Waals surface area contributed by atoms with Crippen molar-refractivity contribution >= 4 is 17.2 Å². The average molecular weight is 304 g/mol. The number of thiophene rings is 1. The van der Waals surface area contributed by atoms with E-state index in [2.05, 4.69) is 38.3 Å². The number of carbonyl (C=O) groups excluding carboxylic acids is 1. The molecule has 1 aromatic carbocycles. The lowest BCUT2D eigenvalue weighted by atomic mass is 9.87. The molecule has 0 atom stereocenters. The number of ether oxygens (including phenoxy) is 1. The van der Waals surface area contributed by atoms with Gasteiger partial charge in [0, 0.05) is 5.56 Å². The van der Waals surface area contributed by atoms with Crippen molar-refractivity contribution in [2.24, 2.45) is 5.84 Å². The van der Waals surface area contributed by atoms with Gasteiger partial charge >= 0.3 is 0 Å². The number of hydrogen-bond donors (Lipinski definition) is 2. The second kappa shape index (κ2) is 6.28. The normalized spacial score (nSPS) is 11.2. The van der Waals surface area contributed by atoms with E-state index in [0.717, 1.165) is 11.3 Å².